The Balaban J connectivity index is 1.39. The van der Waals surface area contributed by atoms with E-state index in [4.69, 9.17) is 10.5 Å². The van der Waals surface area contributed by atoms with Crippen molar-refractivity contribution in [2.75, 3.05) is 17.6 Å². The Hall–Kier alpha value is -5.02. The minimum absolute atomic E-state index is 0.0556. The van der Waals surface area contributed by atoms with Crippen LogP contribution in [0.3, 0.4) is 0 Å². The SMILES string of the molecule is Cn1c(-c2nc(N)ncc2C#Cc2cccc(CC(=O)Nc3cncc(Br)c3)c2)cc2c1CCN(C(=O)OC(C)(C)C)C2=O. The highest BCUT2D eigenvalue weighted by Gasteiger charge is 2.35. The molecule has 12 heteroatoms. The third-order valence-corrected chi connectivity index (χ3v) is 7.13. The number of ether oxygens (including phenoxy) is 1. The maximum atomic E-state index is 13.3. The van der Waals surface area contributed by atoms with Gasteiger partial charge in [-0.3, -0.25) is 14.6 Å². The maximum absolute atomic E-state index is 13.3. The van der Waals surface area contributed by atoms with Gasteiger partial charge in [0.05, 0.1) is 35.1 Å². The fourth-order valence-corrected chi connectivity index (χ4v) is 5.13. The molecule has 11 nitrogen and oxygen atoms in total. The molecular weight excluding hydrogens is 626 g/mol. The molecule has 1 aliphatic rings. The molecule has 224 valence electrons. The van der Waals surface area contributed by atoms with Gasteiger partial charge in [-0.05, 0) is 66.5 Å². The number of carbonyl (C=O) groups is 3. The summed E-state index contributed by atoms with van der Waals surface area (Å²) >= 11 is 3.35. The monoisotopic (exact) mass is 655 g/mol. The van der Waals surface area contributed by atoms with Crippen LogP contribution in [0.4, 0.5) is 16.4 Å². The number of nitrogens with zero attached hydrogens (tertiary/aromatic N) is 5. The first-order valence-electron chi connectivity index (χ1n) is 13.8. The second kappa shape index (κ2) is 12.3. The summed E-state index contributed by atoms with van der Waals surface area (Å²) in [5.74, 6) is 5.69. The summed E-state index contributed by atoms with van der Waals surface area (Å²) in [6, 6.07) is 10.8. The number of aromatic nitrogens is 4. The van der Waals surface area contributed by atoms with Crippen LogP contribution in [0, 0.1) is 11.8 Å². The van der Waals surface area contributed by atoms with Crippen molar-refractivity contribution >= 4 is 45.5 Å². The molecule has 3 aromatic heterocycles. The van der Waals surface area contributed by atoms with Gasteiger partial charge in [0, 0.05) is 48.1 Å². The number of carbonyl (C=O) groups excluding carboxylic acids is 3. The van der Waals surface area contributed by atoms with Gasteiger partial charge >= 0.3 is 6.09 Å². The summed E-state index contributed by atoms with van der Waals surface area (Å²) in [5.41, 5.74) is 10.0. The zero-order valence-corrected chi connectivity index (χ0v) is 26.2. The van der Waals surface area contributed by atoms with Crippen molar-refractivity contribution in [3.05, 3.63) is 87.4 Å². The lowest BCUT2D eigenvalue weighted by molar-refractivity contribution is -0.115. The van der Waals surface area contributed by atoms with E-state index in [9.17, 15) is 14.4 Å². The quantitative estimate of drug-likeness (QED) is 0.300. The zero-order chi connectivity index (χ0) is 31.6. The molecule has 0 fully saturated rings. The molecule has 5 rings (SSSR count). The molecule has 1 aliphatic heterocycles. The van der Waals surface area contributed by atoms with E-state index in [0.717, 1.165) is 20.6 Å². The van der Waals surface area contributed by atoms with E-state index >= 15 is 0 Å². The standard InChI is InChI=1S/C32H30BrN7O4/c1-32(2,3)44-31(43)40-11-10-25-24(29(40)42)15-26(39(25)4)28-21(16-36-30(34)38-28)9-8-19-6-5-7-20(12-19)13-27(41)37-23-14-22(33)17-35-18-23/h5-7,12,14-18H,10-11,13H2,1-4H3,(H,37,41)(H2,34,36,38). The van der Waals surface area contributed by atoms with E-state index in [1.807, 2.05) is 35.9 Å². The number of hydrogen-bond acceptors (Lipinski definition) is 8. The molecule has 0 aliphatic carbocycles. The Kier molecular flexibility index (Phi) is 8.51. The Morgan fingerprint density at radius 1 is 1.14 bits per heavy atom. The van der Waals surface area contributed by atoms with Crippen molar-refractivity contribution in [1.29, 1.82) is 0 Å². The number of imide groups is 1. The van der Waals surface area contributed by atoms with E-state index in [1.165, 1.54) is 6.20 Å². The molecular formula is C32H30BrN7O4. The molecule has 4 aromatic rings. The second-order valence-corrected chi connectivity index (χ2v) is 12.1. The Labute approximate surface area is 263 Å². The summed E-state index contributed by atoms with van der Waals surface area (Å²) in [6.45, 7) is 5.46. The first-order valence-corrected chi connectivity index (χ1v) is 14.5. The lowest BCUT2D eigenvalue weighted by atomic mass is 10.1. The van der Waals surface area contributed by atoms with Crippen molar-refractivity contribution < 1.29 is 19.1 Å². The number of rotatable bonds is 4. The van der Waals surface area contributed by atoms with Crippen LogP contribution in [0.5, 0.6) is 0 Å². The van der Waals surface area contributed by atoms with Crippen molar-refractivity contribution in [3.63, 3.8) is 0 Å². The summed E-state index contributed by atoms with van der Waals surface area (Å²) in [6.07, 6.45) is 4.68. The highest BCUT2D eigenvalue weighted by Crippen LogP contribution is 2.30. The number of nitrogen functional groups attached to an aromatic ring is 1. The molecule has 44 heavy (non-hydrogen) atoms. The second-order valence-electron chi connectivity index (χ2n) is 11.2. The predicted octanol–water partition coefficient (Wildman–Crippen LogP) is 4.74. The largest absolute Gasteiger partial charge is 0.443 e. The average molecular weight is 657 g/mol. The van der Waals surface area contributed by atoms with Crippen LogP contribution < -0.4 is 11.1 Å². The van der Waals surface area contributed by atoms with E-state index in [1.54, 1.807) is 45.3 Å². The minimum Gasteiger partial charge on any atom is -0.443 e. The first kappa shape index (κ1) is 30.4. The number of fused-ring (bicyclic) bond motifs is 1. The van der Waals surface area contributed by atoms with Gasteiger partial charge in [0.2, 0.25) is 11.9 Å². The Morgan fingerprint density at radius 3 is 2.68 bits per heavy atom. The van der Waals surface area contributed by atoms with Crippen molar-refractivity contribution in [3.8, 4) is 23.2 Å². The summed E-state index contributed by atoms with van der Waals surface area (Å²) in [5, 5.41) is 2.84. The predicted molar refractivity (Wildman–Crippen MR) is 169 cm³/mol. The van der Waals surface area contributed by atoms with Crippen LogP contribution in [-0.4, -0.2) is 54.5 Å². The fraction of sp³-hybridized carbons (Fsp3) is 0.250. The van der Waals surface area contributed by atoms with Crippen molar-refractivity contribution in [2.24, 2.45) is 7.05 Å². The maximum Gasteiger partial charge on any atom is 0.417 e. The van der Waals surface area contributed by atoms with Gasteiger partial charge in [-0.25, -0.2) is 19.7 Å². The van der Waals surface area contributed by atoms with Crippen molar-refractivity contribution in [1.82, 2.24) is 24.4 Å². The molecule has 3 N–H and O–H groups in total. The number of amides is 3. The zero-order valence-electron chi connectivity index (χ0n) is 24.6. The molecule has 0 atom stereocenters. The van der Waals surface area contributed by atoms with Gasteiger partial charge in [-0.15, -0.1) is 0 Å². The normalized spacial score (nSPS) is 12.7. The number of anilines is 2. The number of halogens is 1. The lowest BCUT2D eigenvalue weighted by Gasteiger charge is -2.28. The van der Waals surface area contributed by atoms with Crippen LogP contribution in [-0.2, 0) is 29.4 Å². The molecule has 0 spiro atoms. The van der Waals surface area contributed by atoms with Gasteiger partial charge < -0.3 is 20.4 Å². The molecule has 0 saturated carbocycles. The Bertz CT molecular complexity index is 1850. The number of benzene rings is 1. The van der Waals surface area contributed by atoms with Crippen LogP contribution in [0.1, 0.15) is 53.5 Å². The molecule has 0 radical (unpaired) electrons. The van der Waals surface area contributed by atoms with Crippen LogP contribution in [0.15, 0.2) is 59.5 Å². The topological polar surface area (TPSA) is 145 Å². The van der Waals surface area contributed by atoms with Gasteiger partial charge in [-0.2, -0.15) is 0 Å². The van der Waals surface area contributed by atoms with E-state index in [2.05, 4.69) is 48.0 Å². The van der Waals surface area contributed by atoms with Gasteiger partial charge in [0.1, 0.15) is 11.3 Å². The number of nitrogens with one attached hydrogen (secondary N) is 1. The highest BCUT2D eigenvalue weighted by molar-refractivity contribution is 9.10. The third-order valence-electron chi connectivity index (χ3n) is 6.69. The summed E-state index contributed by atoms with van der Waals surface area (Å²) in [7, 11) is 1.83. The minimum atomic E-state index is -0.727. The lowest BCUT2D eigenvalue weighted by Crippen LogP contribution is -2.44. The van der Waals surface area contributed by atoms with Crippen LogP contribution in [0.2, 0.25) is 0 Å². The highest BCUT2D eigenvalue weighted by atomic mass is 79.9. The van der Waals surface area contributed by atoms with Gasteiger partial charge in [-0.1, -0.05) is 24.0 Å². The molecule has 3 amide bonds. The van der Waals surface area contributed by atoms with Crippen LogP contribution >= 0.6 is 15.9 Å². The average Bonchev–Trinajstić information content (AvgIpc) is 3.28. The van der Waals surface area contributed by atoms with Crippen molar-refractivity contribution in [2.45, 2.75) is 39.2 Å². The van der Waals surface area contributed by atoms with Gasteiger partial charge in [0.15, 0.2) is 0 Å². The number of nitrogens with two attached hydrogens (primary N) is 1. The first-order chi connectivity index (χ1) is 20.9. The third kappa shape index (κ3) is 6.95. The molecule has 0 unspecified atom stereocenters. The molecule has 4 heterocycles. The summed E-state index contributed by atoms with van der Waals surface area (Å²) in [4.78, 5) is 52.4. The van der Waals surface area contributed by atoms with E-state index in [0.29, 0.717) is 40.2 Å². The molecule has 0 saturated heterocycles. The number of pyridine rings is 1. The van der Waals surface area contributed by atoms with E-state index in [-0.39, 0.29) is 24.8 Å². The molecule has 1 aromatic carbocycles. The van der Waals surface area contributed by atoms with Gasteiger partial charge in [0.25, 0.3) is 5.91 Å². The molecule has 0 bridgehead atoms. The van der Waals surface area contributed by atoms with E-state index < -0.39 is 17.6 Å². The smallest absolute Gasteiger partial charge is 0.417 e. The number of hydrogen-bond donors (Lipinski definition) is 2. The van der Waals surface area contributed by atoms with Crippen LogP contribution in [0.25, 0.3) is 11.4 Å². The Morgan fingerprint density at radius 2 is 1.93 bits per heavy atom. The fourth-order valence-electron chi connectivity index (χ4n) is 4.77. The summed E-state index contributed by atoms with van der Waals surface area (Å²) < 4.78 is 8.07.